The van der Waals surface area contributed by atoms with Crippen LogP contribution in [-0.2, 0) is 9.53 Å². The highest BCUT2D eigenvalue weighted by Gasteiger charge is 2.20. The minimum absolute atomic E-state index is 0.0941. The van der Waals surface area contributed by atoms with Crippen LogP contribution in [0.1, 0.15) is 5.56 Å². The van der Waals surface area contributed by atoms with Crippen LogP contribution in [0.15, 0.2) is 54.6 Å². The Morgan fingerprint density at radius 3 is 2.34 bits per heavy atom. The van der Waals surface area contributed by atoms with Gasteiger partial charge < -0.3 is 18.9 Å². The highest BCUT2D eigenvalue weighted by molar-refractivity contribution is 6.36. The lowest BCUT2D eigenvalue weighted by Gasteiger charge is -2.14. The number of hydrogen-bond donors (Lipinski definition) is 0. The molecule has 8 nitrogen and oxygen atoms in total. The minimum atomic E-state index is -0.587. The molecule has 0 aromatic heterocycles. The highest BCUT2D eigenvalue weighted by Crippen LogP contribution is 2.40. The summed E-state index contributed by atoms with van der Waals surface area (Å²) in [6, 6.07) is 13.7. The number of nitro groups is 1. The van der Waals surface area contributed by atoms with Gasteiger partial charge >= 0.3 is 11.7 Å². The summed E-state index contributed by atoms with van der Waals surface area (Å²) in [5.41, 5.74) is 0.458. The first-order valence-electron chi connectivity index (χ1n) is 9.17. The van der Waals surface area contributed by atoms with Gasteiger partial charge in [0.1, 0.15) is 11.5 Å². The number of carbonyl (C=O) groups excluding carboxylic acids is 1. The highest BCUT2D eigenvalue weighted by atomic mass is 35.5. The lowest BCUT2D eigenvalue weighted by atomic mass is 10.2. The van der Waals surface area contributed by atoms with E-state index in [1.165, 1.54) is 25.3 Å². The number of benzene rings is 3. The molecule has 0 N–H and O–H groups in total. The molecule has 3 aromatic rings. The Morgan fingerprint density at radius 2 is 1.66 bits per heavy atom. The van der Waals surface area contributed by atoms with Crippen molar-refractivity contribution in [2.45, 2.75) is 6.92 Å². The number of para-hydroxylation sites is 2. The van der Waals surface area contributed by atoms with Crippen LogP contribution in [0.4, 0.5) is 5.69 Å². The van der Waals surface area contributed by atoms with Crippen LogP contribution in [0.25, 0.3) is 0 Å². The van der Waals surface area contributed by atoms with Crippen molar-refractivity contribution in [3.63, 3.8) is 0 Å². The number of nitrogens with zero attached hydrogens (tertiary/aromatic N) is 1. The van der Waals surface area contributed by atoms with Gasteiger partial charge in [-0.2, -0.15) is 0 Å². The number of hydrogen-bond acceptors (Lipinski definition) is 7. The quantitative estimate of drug-likeness (QED) is 0.212. The second kappa shape index (κ2) is 10.2. The van der Waals surface area contributed by atoms with E-state index in [1.807, 2.05) is 0 Å². The molecule has 3 aromatic carbocycles. The summed E-state index contributed by atoms with van der Waals surface area (Å²) in [6.07, 6.45) is 0. The van der Waals surface area contributed by atoms with Crippen molar-refractivity contribution in [3.05, 3.63) is 80.3 Å². The van der Waals surface area contributed by atoms with Crippen LogP contribution < -0.4 is 14.2 Å². The first-order valence-corrected chi connectivity index (χ1v) is 9.92. The molecule has 0 saturated heterocycles. The summed E-state index contributed by atoms with van der Waals surface area (Å²) in [5.74, 6) is 0.268. The molecule has 0 heterocycles. The van der Waals surface area contributed by atoms with E-state index in [4.69, 9.17) is 37.4 Å². The fourth-order valence-electron chi connectivity index (χ4n) is 2.59. The van der Waals surface area contributed by atoms with Crippen molar-refractivity contribution < 1.29 is 28.7 Å². The number of ether oxygens (including phenoxy) is 4. The number of nitro benzene ring substituents is 1. The molecule has 0 aliphatic heterocycles. The Bertz CT molecular complexity index is 1170. The molecular weight excluding hydrogens is 461 g/mol. The van der Waals surface area contributed by atoms with E-state index in [0.717, 1.165) is 5.56 Å². The maximum absolute atomic E-state index is 11.5. The van der Waals surface area contributed by atoms with Gasteiger partial charge in [0.25, 0.3) is 0 Å². The predicted molar refractivity (Wildman–Crippen MR) is 118 cm³/mol. The third-order valence-corrected chi connectivity index (χ3v) is 4.91. The maximum Gasteiger partial charge on any atom is 0.343 e. The van der Waals surface area contributed by atoms with Crippen LogP contribution in [0.3, 0.4) is 0 Å². The Kier molecular flexibility index (Phi) is 7.40. The lowest BCUT2D eigenvalue weighted by molar-refractivity contribution is -0.385. The molecular formula is C22H17Cl2NO7. The van der Waals surface area contributed by atoms with Gasteiger partial charge in [-0.15, -0.1) is 0 Å². The summed E-state index contributed by atoms with van der Waals surface area (Å²) in [7, 11) is 1.23. The van der Waals surface area contributed by atoms with Gasteiger partial charge in [-0.05, 0) is 42.8 Å². The second-order valence-corrected chi connectivity index (χ2v) is 7.25. The molecule has 3 rings (SSSR count). The van der Waals surface area contributed by atoms with Gasteiger partial charge in [-0.3, -0.25) is 10.1 Å². The molecule has 0 saturated carbocycles. The fourth-order valence-corrected chi connectivity index (χ4v) is 3.02. The molecule has 0 bridgehead atoms. The molecule has 0 aliphatic rings. The molecule has 0 atom stereocenters. The first-order chi connectivity index (χ1) is 15.3. The van der Waals surface area contributed by atoms with Crippen molar-refractivity contribution >= 4 is 34.9 Å². The Balaban J connectivity index is 1.92. The van der Waals surface area contributed by atoms with Crippen LogP contribution in [0.5, 0.6) is 28.7 Å². The van der Waals surface area contributed by atoms with Crippen LogP contribution in [-0.4, -0.2) is 24.6 Å². The number of esters is 1. The normalized spacial score (nSPS) is 10.4. The first kappa shape index (κ1) is 23.2. The monoisotopic (exact) mass is 477 g/mol. The summed E-state index contributed by atoms with van der Waals surface area (Å²) in [4.78, 5) is 22.3. The van der Waals surface area contributed by atoms with Crippen molar-refractivity contribution in [1.82, 2.24) is 0 Å². The van der Waals surface area contributed by atoms with E-state index < -0.39 is 10.9 Å². The van der Waals surface area contributed by atoms with Gasteiger partial charge in [0.05, 0.1) is 17.1 Å². The van der Waals surface area contributed by atoms with Crippen molar-refractivity contribution in [2.75, 3.05) is 13.7 Å². The Hall–Kier alpha value is -3.49. The molecule has 0 spiro atoms. The summed E-state index contributed by atoms with van der Waals surface area (Å²) in [6.45, 7) is 1.44. The molecule has 0 fully saturated rings. The molecule has 0 aliphatic carbocycles. The standard InChI is InChI=1S/C22H17Cl2NO7/c1-13-9-20(16(24)11-15(13)23)31-14-7-8-17(25(27)28)21(10-14)32-19-6-4-3-5-18(19)30-12-22(26)29-2/h3-11H,12H2,1-2H3. The van der Waals surface area contributed by atoms with Crippen molar-refractivity contribution in [2.24, 2.45) is 0 Å². The van der Waals surface area contributed by atoms with Crippen molar-refractivity contribution in [1.29, 1.82) is 0 Å². The van der Waals surface area contributed by atoms with E-state index >= 15 is 0 Å². The molecule has 32 heavy (non-hydrogen) atoms. The summed E-state index contributed by atoms with van der Waals surface area (Å²) in [5, 5.41) is 12.3. The molecule has 0 unspecified atom stereocenters. The van der Waals surface area contributed by atoms with Crippen LogP contribution in [0, 0.1) is 17.0 Å². The Labute approximate surface area is 193 Å². The average Bonchev–Trinajstić information content (AvgIpc) is 2.76. The van der Waals surface area contributed by atoms with Gasteiger partial charge in [0.15, 0.2) is 18.1 Å². The van der Waals surface area contributed by atoms with E-state index in [0.29, 0.717) is 10.8 Å². The van der Waals surface area contributed by atoms with Gasteiger partial charge in [0, 0.05) is 17.2 Å². The average molecular weight is 478 g/mol. The summed E-state index contributed by atoms with van der Waals surface area (Å²) < 4.78 is 21.5. The van der Waals surface area contributed by atoms with Crippen LogP contribution >= 0.6 is 23.2 Å². The van der Waals surface area contributed by atoms with Gasteiger partial charge in [-0.1, -0.05) is 35.3 Å². The molecule has 166 valence electrons. The smallest absolute Gasteiger partial charge is 0.343 e. The number of aryl methyl sites for hydroxylation is 1. The third kappa shape index (κ3) is 5.60. The largest absolute Gasteiger partial charge is 0.478 e. The van der Waals surface area contributed by atoms with Gasteiger partial charge in [-0.25, -0.2) is 4.79 Å². The predicted octanol–water partition coefficient (Wildman–Crippen LogP) is 6.35. The topological polar surface area (TPSA) is 97.1 Å². The molecule has 0 amide bonds. The van der Waals surface area contributed by atoms with E-state index in [9.17, 15) is 14.9 Å². The zero-order valence-electron chi connectivity index (χ0n) is 17.0. The second-order valence-electron chi connectivity index (χ2n) is 6.43. The van der Waals surface area contributed by atoms with Gasteiger partial charge in [0.2, 0.25) is 5.75 Å². The van der Waals surface area contributed by atoms with Crippen LogP contribution in [0.2, 0.25) is 10.0 Å². The SMILES string of the molecule is COC(=O)COc1ccccc1Oc1cc(Oc2cc(C)c(Cl)cc2Cl)ccc1[N+](=O)[O-]. The zero-order chi connectivity index (χ0) is 23.3. The third-order valence-electron chi connectivity index (χ3n) is 4.21. The van der Waals surface area contributed by atoms with E-state index in [2.05, 4.69) is 4.74 Å². The zero-order valence-corrected chi connectivity index (χ0v) is 18.5. The number of methoxy groups -OCH3 is 1. The summed E-state index contributed by atoms with van der Waals surface area (Å²) >= 11 is 12.2. The number of rotatable bonds is 8. The molecule has 10 heteroatoms. The maximum atomic E-state index is 11.5. The van der Waals surface area contributed by atoms with E-state index in [1.54, 1.807) is 43.3 Å². The minimum Gasteiger partial charge on any atom is -0.478 e. The van der Waals surface area contributed by atoms with Crippen molar-refractivity contribution in [3.8, 4) is 28.7 Å². The fraction of sp³-hybridized carbons (Fsp3) is 0.136. The molecule has 0 radical (unpaired) electrons. The van der Waals surface area contributed by atoms with E-state index in [-0.39, 0.29) is 40.3 Å². The lowest BCUT2D eigenvalue weighted by Crippen LogP contribution is -2.12. The Morgan fingerprint density at radius 1 is 0.938 bits per heavy atom. The number of halogens is 2. The number of carbonyl (C=O) groups is 1.